The van der Waals surface area contributed by atoms with E-state index in [4.69, 9.17) is 27.1 Å². The van der Waals surface area contributed by atoms with Crippen LogP contribution in [0.2, 0.25) is 5.02 Å². The van der Waals surface area contributed by atoms with E-state index in [1.54, 1.807) is 6.07 Å². The molecule has 4 N–H and O–H groups in total. The summed E-state index contributed by atoms with van der Waals surface area (Å²) < 4.78 is 5.52. The third-order valence-electron chi connectivity index (χ3n) is 6.06. The number of nitrogens with two attached hydrogens (primary N) is 1. The molecule has 0 amide bonds. The van der Waals surface area contributed by atoms with Gasteiger partial charge in [0, 0.05) is 24.3 Å². The number of aromatic nitrogens is 3. The second-order valence-corrected chi connectivity index (χ2v) is 9.15. The first-order chi connectivity index (χ1) is 15.9. The summed E-state index contributed by atoms with van der Waals surface area (Å²) in [6.07, 6.45) is 5.66. The fourth-order valence-electron chi connectivity index (χ4n) is 4.59. The molecule has 0 radical (unpaired) electrons. The molecule has 182 valence electrons. The lowest BCUT2D eigenvalue weighted by Gasteiger charge is -2.37. The van der Waals surface area contributed by atoms with Crippen LogP contribution in [0.3, 0.4) is 0 Å². The lowest BCUT2D eigenvalue weighted by Crippen LogP contribution is -2.49. The van der Waals surface area contributed by atoms with Crippen molar-refractivity contribution in [3.05, 3.63) is 23.2 Å². The van der Waals surface area contributed by atoms with Crippen molar-refractivity contribution < 1.29 is 4.74 Å². The highest BCUT2D eigenvalue weighted by atomic mass is 35.5. The number of halogens is 1. The van der Waals surface area contributed by atoms with E-state index in [0.29, 0.717) is 47.3 Å². The first-order valence-electron chi connectivity index (χ1n) is 12.2. The Morgan fingerprint density at radius 1 is 1.27 bits per heavy atom. The van der Waals surface area contributed by atoms with Crippen LogP contribution in [0, 0.1) is 5.92 Å². The topological polar surface area (TPSA) is 101 Å². The molecule has 2 aromatic rings. The minimum Gasteiger partial charge on any atom is -0.492 e. The van der Waals surface area contributed by atoms with Gasteiger partial charge in [-0.2, -0.15) is 15.0 Å². The van der Waals surface area contributed by atoms with Crippen LogP contribution in [0.15, 0.2) is 18.2 Å². The van der Waals surface area contributed by atoms with Gasteiger partial charge in [-0.1, -0.05) is 38.8 Å². The average Bonchev–Trinajstić information content (AvgIpc) is 3.30. The van der Waals surface area contributed by atoms with E-state index >= 15 is 0 Å². The van der Waals surface area contributed by atoms with Gasteiger partial charge in [-0.15, -0.1) is 0 Å². The molecule has 9 heteroatoms. The van der Waals surface area contributed by atoms with Crippen molar-refractivity contribution in [3.8, 4) is 5.75 Å². The standard InChI is InChI=1S/C24H38ClN7O/c1-5-9-16(4)15-32(20(6-2)19-10-8-13-27-19)24-30-22(26)29-23(31-24)28-17-11-12-21(33-7-3)18(25)14-17/h11-12,14,16,19-20,27H,5-10,13,15H2,1-4H3,(H3,26,28,29,30,31). The number of hydrogen-bond acceptors (Lipinski definition) is 8. The van der Waals surface area contributed by atoms with Crippen LogP contribution in [-0.4, -0.2) is 46.7 Å². The number of nitrogen functional groups attached to an aromatic ring is 1. The fourth-order valence-corrected chi connectivity index (χ4v) is 4.83. The van der Waals surface area contributed by atoms with Crippen molar-refractivity contribution in [1.82, 2.24) is 20.3 Å². The van der Waals surface area contributed by atoms with Gasteiger partial charge >= 0.3 is 0 Å². The van der Waals surface area contributed by atoms with E-state index < -0.39 is 0 Å². The molecule has 1 fully saturated rings. The van der Waals surface area contributed by atoms with E-state index in [9.17, 15) is 0 Å². The van der Waals surface area contributed by atoms with Crippen LogP contribution in [0.5, 0.6) is 5.75 Å². The molecule has 0 spiro atoms. The predicted molar refractivity (Wildman–Crippen MR) is 137 cm³/mol. The van der Waals surface area contributed by atoms with Crippen molar-refractivity contribution in [3.63, 3.8) is 0 Å². The zero-order valence-corrected chi connectivity index (χ0v) is 21.0. The van der Waals surface area contributed by atoms with Gasteiger partial charge in [0.15, 0.2) is 0 Å². The Morgan fingerprint density at radius 3 is 2.73 bits per heavy atom. The Bertz CT molecular complexity index is 891. The molecule has 8 nitrogen and oxygen atoms in total. The van der Waals surface area contributed by atoms with E-state index in [-0.39, 0.29) is 5.95 Å². The SMILES string of the molecule is CCCC(C)CN(c1nc(N)nc(Nc2ccc(OCC)c(Cl)c2)n1)C(CC)C1CCCN1. The Hall–Kier alpha value is -2.32. The number of nitrogens with zero attached hydrogens (tertiary/aromatic N) is 4. The molecule has 3 atom stereocenters. The number of anilines is 4. The second kappa shape index (κ2) is 12.2. The summed E-state index contributed by atoms with van der Waals surface area (Å²) in [6, 6.07) is 6.22. The maximum absolute atomic E-state index is 6.35. The molecule has 3 rings (SSSR count). The van der Waals surface area contributed by atoms with Crippen LogP contribution >= 0.6 is 11.6 Å². The molecular weight excluding hydrogens is 438 g/mol. The molecule has 0 bridgehead atoms. The third kappa shape index (κ3) is 6.84. The minimum atomic E-state index is 0.196. The maximum Gasteiger partial charge on any atom is 0.233 e. The molecule has 33 heavy (non-hydrogen) atoms. The van der Waals surface area contributed by atoms with Crippen molar-refractivity contribution >= 4 is 35.1 Å². The summed E-state index contributed by atoms with van der Waals surface area (Å²) in [6.45, 7) is 11.2. The van der Waals surface area contributed by atoms with Crippen LogP contribution in [0.1, 0.15) is 59.8 Å². The fraction of sp³-hybridized carbons (Fsp3) is 0.625. The van der Waals surface area contributed by atoms with Crippen LogP contribution < -0.4 is 26.0 Å². The zero-order valence-electron chi connectivity index (χ0n) is 20.3. The molecule has 1 aromatic carbocycles. The summed E-state index contributed by atoms with van der Waals surface area (Å²) in [5.74, 6) is 2.38. The molecule has 3 unspecified atom stereocenters. The minimum absolute atomic E-state index is 0.196. The number of nitrogens with one attached hydrogen (secondary N) is 2. The van der Waals surface area contributed by atoms with Gasteiger partial charge < -0.3 is 26.0 Å². The Balaban J connectivity index is 1.89. The monoisotopic (exact) mass is 475 g/mol. The first kappa shape index (κ1) is 25.3. The predicted octanol–water partition coefficient (Wildman–Crippen LogP) is 5.02. The summed E-state index contributed by atoms with van der Waals surface area (Å²) in [5, 5.41) is 7.42. The van der Waals surface area contributed by atoms with Gasteiger partial charge in [0.2, 0.25) is 17.8 Å². The van der Waals surface area contributed by atoms with E-state index in [0.717, 1.165) is 44.5 Å². The summed E-state index contributed by atoms with van der Waals surface area (Å²) >= 11 is 6.35. The van der Waals surface area contributed by atoms with Crippen LogP contribution in [0.25, 0.3) is 0 Å². The normalized spacial score (nSPS) is 17.5. The van der Waals surface area contributed by atoms with Crippen molar-refractivity contribution in [2.24, 2.45) is 5.92 Å². The smallest absolute Gasteiger partial charge is 0.233 e. The molecule has 0 aliphatic carbocycles. The Morgan fingerprint density at radius 2 is 2.09 bits per heavy atom. The largest absolute Gasteiger partial charge is 0.492 e. The van der Waals surface area contributed by atoms with Gasteiger partial charge in [-0.05, 0) is 63.3 Å². The van der Waals surface area contributed by atoms with Crippen LogP contribution in [-0.2, 0) is 0 Å². The van der Waals surface area contributed by atoms with Crippen molar-refractivity contribution in [1.29, 1.82) is 0 Å². The highest BCUT2D eigenvalue weighted by Crippen LogP contribution is 2.30. The number of hydrogen-bond donors (Lipinski definition) is 3. The highest BCUT2D eigenvalue weighted by molar-refractivity contribution is 6.32. The van der Waals surface area contributed by atoms with Gasteiger partial charge in [-0.3, -0.25) is 0 Å². The molecule has 1 aromatic heterocycles. The van der Waals surface area contributed by atoms with Gasteiger partial charge in [0.25, 0.3) is 0 Å². The average molecular weight is 476 g/mol. The number of ether oxygens (including phenoxy) is 1. The maximum atomic E-state index is 6.35. The highest BCUT2D eigenvalue weighted by Gasteiger charge is 2.31. The first-order valence-corrected chi connectivity index (χ1v) is 12.5. The lowest BCUT2D eigenvalue weighted by molar-refractivity contribution is 0.340. The van der Waals surface area contributed by atoms with Gasteiger partial charge in [0.1, 0.15) is 5.75 Å². The molecule has 0 saturated carbocycles. The third-order valence-corrected chi connectivity index (χ3v) is 6.35. The molecule has 1 saturated heterocycles. The van der Waals surface area contributed by atoms with E-state index in [2.05, 4.69) is 46.3 Å². The van der Waals surface area contributed by atoms with Crippen molar-refractivity contribution in [2.45, 2.75) is 71.9 Å². The molecule has 1 aliphatic heterocycles. The summed E-state index contributed by atoms with van der Waals surface area (Å²) in [7, 11) is 0. The van der Waals surface area contributed by atoms with Crippen LogP contribution in [0.4, 0.5) is 23.5 Å². The van der Waals surface area contributed by atoms with Crippen molar-refractivity contribution in [2.75, 3.05) is 35.6 Å². The number of rotatable bonds is 12. The molecule has 2 heterocycles. The number of benzene rings is 1. The van der Waals surface area contributed by atoms with Gasteiger partial charge in [0.05, 0.1) is 11.6 Å². The quantitative estimate of drug-likeness (QED) is 0.393. The summed E-state index contributed by atoms with van der Waals surface area (Å²) in [5.41, 5.74) is 6.90. The van der Waals surface area contributed by atoms with Gasteiger partial charge in [-0.25, -0.2) is 0 Å². The molecule has 1 aliphatic rings. The Labute approximate surface area is 202 Å². The summed E-state index contributed by atoms with van der Waals surface area (Å²) in [4.78, 5) is 16.0. The van der Waals surface area contributed by atoms with E-state index in [1.165, 1.54) is 6.42 Å². The lowest BCUT2D eigenvalue weighted by atomic mass is 9.99. The van der Waals surface area contributed by atoms with E-state index in [1.807, 2.05) is 19.1 Å². The second-order valence-electron chi connectivity index (χ2n) is 8.75. The Kier molecular flexibility index (Phi) is 9.38. The molecular formula is C24H38ClN7O. The zero-order chi connectivity index (χ0) is 23.8.